The molecule has 0 fully saturated rings. The minimum atomic E-state index is -0.657. The number of aryl methyl sites for hydroxylation is 1. The molecule has 3 nitrogen and oxygen atoms in total. The molecule has 0 aliphatic heterocycles. The van der Waals surface area contributed by atoms with Crippen molar-refractivity contribution in [2.45, 2.75) is 26.7 Å². The van der Waals surface area contributed by atoms with Gasteiger partial charge < -0.3 is 9.15 Å². The maximum atomic E-state index is 14.3. The lowest BCUT2D eigenvalue weighted by Crippen LogP contribution is -2.06. The second-order valence-electron chi connectivity index (χ2n) is 4.40. The third kappa shape index (κ3) is 2.90. The van der Waals surface area contributed by atoms with Gasteiger partial charge in [-0.2, -0.15) is 0 Å². The van der Waals surface area contributed by atoms with Crippen molar-refractivity contribution in [3.63, 3.8) is 0 Å². The fourth-order valence-corrected chi connectivity index (χ4v) is 1.96. The summed E-state index contributed by atoms with van der Waals surface area (Å²) < 4.78 is 24.7. The third-order valence-corrected chi connectivity index (χ3v) is 3.01. The summed E-state index contributed by atoms with van der Waals surface area (Å²) in [4.78, 5) is 11.8. The summed E-state index contributed by atoms with van der Waals surface area (Å²) in [5.41, 5.74) is -0.657. The fourth-order valence-electron chi connectivity index (χ4n) is 1.96. The van der Waals surface area contributed by atoms with Gasteiger partial charge in [-0.1, -0.05) is 25.1 Å². The minimum absolute atomic E-state index is 0.0502. The van der Waals surface area contributed by atoms with Crippen molar-refractivity contribution in [1.82, 2.24) is 0 Å². The van der Waals surface area contributed by atoms with Gasteiger partial charge >= 0.3 is 5.63 Å². The van der Waals surface area contributed by atoms with E-state index in [1.807, 2.05) is 26.0 Å². The highest BCUT2D eigenvalue weighted by molar-refractivity contribution is 5.83. The Morgan fingerprint density at radius 2 is 2.20 bits per heavy atom. The summed E-state index contributed by atoms with van der Waals surface area (Å²) >= 11 is 0. The molecule has 0 unspecified atom stereocenters. The van der Waals surface area contributed by atoms with E-state index in [1.165, 1.54) is 0 Å². The first-order valence-corrected chi connectivity index (χ1v) is 6.66. The number of hydrogen-bond acceptors (Lipinski definition) is 3. The molecule has 0 bridgehead atoms. The van der Waals surface area contributed by atoms with E-state index in [0.29, 0.717) is 30.6 Å². The highest BCUT2D eigenvalue weighted by Crippen LogP contribution is 2.25. The molecule has 106 valence electrons. The van der Waals surface area contributed by atoms with Crippen LogP contribution in [0.4, 0.5) is 4.39 Å². The summed E-state index contributed by atoms with van der Waals surface area (Å²) in [6, 6.07) is 4.91. The quantitative estimate of drug-likeness (QED) is 0.615. The van der Waals surface area contributed by atoms with Gasteiger partial charge in [0.25, 0.3) is 0 Å². The van der Waals surface area contributed by atoms with Crippen LogP contribution in [0.25, 0.3) is 10.8 Å². The van der Waals surface area contributed by atoms with Crippen molar-refractivity contribution >= 4 is 10.8 Å². The Kier molecular flexibility index (Phi) is 4.56. The van der Waals surface area contributed by atoms with Gasteiger partial charge in [0.2, 0.25) is 0 Å². The number of fused-ring (bicyclic) bond motifs is 1. The van der Waals surface area contributed by atoms with E-state index in [-0.39, 0.29) is 11.1 Å². The first-order chi connectivity index (χ1) is 9.67. The molecule has 0 radical (unpaired) electrons. The molecule has 1 aromatic carbocycles. The Morgan fingerprint density at radius 1 is 1.40 bits per heavy atom. The minimum Gasteiger partial charge on any atom is -0.490 e. The molecule has 0 N–H and O–H groups in total. The molecule has 0 spiro atoms. The van der Waals surface area contributed by atoms with Crippen LogP contribution in [-0.2, 0) is 6.42 Å². The van der Waals surface area contributed by atoms with Crippen molar-refractivity contribution in [3.8, 4) is 5.75 Å². The van der Waals surface area contributed by atoms with Crippen LogP contribution >= 0.6 is 0 Å². The number of hydrogen-bond donors (Lipinski definition) is 0. The van der Waals surface area contributed by atoms with Gasteiger partial charge in [-0.15, -0.1) is 0 Å². The van der Waals surface area contributed by atoms with Crippen molar-refractivity contribution in [3.05, 3.63) is 52.3 Å². The van der Waals surface area contributed by atoms with E-state index >= 15 is 0 Å². The maximum Gasteiger partial charge on any atom is 0.346 e. The molecule has 20 heavy (non-hydrogen) atoms. The number of ether oxygens (including phenoxy) is 1. The van der Waals surface area contributed by atoms with Crippen LogP contribution < -0.4 is 10.4 Å². The van der Waals surface area contributed by atoms with Crippen LogP contribution in [0.1, 0.15) is 26.0 Å². The van der Waals surface area contributed by atoms with E-state index in [2.05, 4.69) is 0 Å². The predicted molar refractivity (Wildman–Crippen MR) is 76.7 cm³/mol. The molecule has 2 aromatic rings. The summed E-state index contributed by atoms with van der Waals surface area (Å²) in [5.74, 6) is -0.0263. The molecular weight excluding hydrogens is 259 g/mol. The first-order valence-electron chi connectivity index (χ1n) is 6.66. The predicted octanol–water partition coefficient (Wildman–Crippen LogP) is 3.84. The van der Waals surface area contributed by atoms with Crippen LogP contribution in [0.2, 0.25) is 0 Å². The lowest BCUT2D eigenvalue weighted by atomic mass is 10.1. The van der Waals surface area contributed by atoms with Crippen LogP contribution in [-0.4, -0.2) is 6.61 Å². The Hall–Kier alpha value is -2.10. The lowest BCUT2D eigenvalue weighted by Gasteiger charge is -2.08. The number of benzene rings is 1. The zero-order valence-electron chi connectivity index (χ0n) is 11.6. The standard InChI is InChI=1S/C16H17FO3/c1-3-5-6-9-19-13-8-7-11-10-12(4-2)20-16(18)14(11)15(13)17/h3,5,7-8,10H,4,6,9H2,1-2H3/b5-3+. The van der Waals surface area contributed by atoms with Crippen molar-refractivity contribution in [2.24, 2.45) is 0 Å². The largest absolute Gasteiger partial charge is 0.490 e. The summed E-state index contributed by atoms with van der Waals surface area (Å²) in [6.45, 7) is 4.15. The average molecular weight is 276 g/mol. The molecule has 0 saturated heterocycles. The van der Waals surface area contributed by atoms with Gasteiger partial charge in [0.15, 0.2) is 11.6 Å². The van der Waals surface area contributed by atoms with E-state index < -0.39 is 11.4 Å². The summed E-state index contributed by atoms with van der Waals surface area (Å²) in [5, 5.41) is 0.488. The normalized spacial score (nSPS) is 11.3. The van der Waals surface area contributed by atoms with Gasteiger partial charge in [-0.3, -0.25) is 0 Å². The third-order valence-electron chi connectivity index (χ3n) is 3.01. The Morgan fingerprint density at radius 3 is 2.90 bits per heavy atom. The number of halogens is 1. The van der Waals surface area contributed by atoms with Crippen LogP contribution in [0.3, 0.4) is 0 Å². The van der Waals surface area contributed by atoms with Gasteiger partial charge in [0.1, 0.15) is 11.1 Å². The van der Waals surface area contributed by atoms with E-state index in [1.54, 1.807) is 18.2 Å². The van der Waals surface area contributed by atoms with E-state index in [0.717, 1.165) is 0 Å². The van der Waals surface area contributed by atoms with Crippen molar-refractivity contribution in [1.29, 1.82) is 0 Å². The SMILES string of the molecule is C/C=C/CCOc1ccc2cc(CC)oc(=O)c2c1F. The molecular formula is C16H17FO3. The van der Waals surface area contributed by atoms with E-state index in [4.69, 9.17) is 9.15 Å². The van der Waals surface area contributed by atoms with Gasteiger partial charge in [-0.25, -0.2) is 9.18 Å². The summed E-state index contributed by atoms with van der Waals surface area (Å²) in [6.07, 6.45) is 5.12. The highest BCUT2D eigenvalue weighted by Gasteiger charge is 2.13. The summed E-state index contributed by atoms with van der Waals surface area (Å²) in [7, 11) is 0. The van der Waals surface area contributed by atoms with Gasteiger partial charge in [-0.05, 0) is 30.9 Å². The number of rotatable bonds is 5. The fraction of sp³-hybridized carbons (Fsp3) is 0.312. The molecule has 4 heteroatoms. The Bertz CT molecular complexity index is 686. The van der Waals surface area contributed by atoms with Gasteiger partial charge in [0.05, 0.1) is 6.61 Å². The molecule has 1 aromatic heterocycles. The van der Waals surface area contributed by atoms with Crippen LogP contribution in [0, 0.1) is 5.82 Å². The molecule has 0 aliphatic rings. The molecule has 0 saturated carbocycles. The number of allylic oxidation sites excluding steroid dienone is 1. The molecule has 0 atom stereocenters. The monoisotopic (exact) mass is 276 g/mol. The maximum absolute atomic E-state index is 14.3. The second-order valence-corrected chi connectivity index (χ2v) is 4.40. The molecule has 0 amide bonds. The van der Waals surface area contributed by atoms with Crippen molar-refractivity contribution < 1.29 is 13.5 Å². The van der Waals surface area contributed by atoms with Crippen LogP contribution in [0.5, 0.6) is 5.75 Å². The van der Waals surface area contributed by atoms with E-state index in [9.17, 15) is 9.18 Å². The van der Waals surface area contributed by atoms with Crippen LogP contribution in [0.15, 0.2) is 39.6 Å². The Balaban J connectivity index is 2.38. The second kappa shape index (κ2) is 6.37. The highest BCUT2D eigenvalue weighted by atomic mass is 19.1. The molecule has 1 heterocycles. The average Bonchev–Trinajstić information content (AvgIpc) is 2.45. The molecule has 2 rings (SSSR count). The van der Waals surface area contributed by atoms with Gasteiger partial charge in [0, 0.05) is 6.42 Å². The zero-order chi connectivity index (χ0) is 14.5. The topological polar surface area (TPSA) is 39.4 Å². The molecule has 0 aliphatic carbocycles. The first kappa shape index (κ1) is 14.3. The lowest BCUT2D eigenvalue weighted by molar-refractivity contribution is 0.309. The Labute approximate surface area is 116 Å². The van der Waals surface area contributed by atoms with Crippen molar-refractivity contribution in [2.75, 3.05) is 6.61 Å². The zero-order valence-corrected chi connectivity index (χ0v) is 11.6. The smallest absolute Gasteiger partial charge is 0.346 e.